The van der Waals surface area contributed by atoms with Crippen LogP contribution in [0.25, 0.3) is 11.0 Å². The zero-order chi connectivity index (χ0) is 8.39. The van der Waals surface area contributed by atoms with Crippen LogP contribution in [0.3, 0.4) is 0 Å². The van der Waals surface area contributed by atoms with Crippen LogP contribution < -0.4 is 5.32 Å². The van der Waals surface area contributed by atoms with Crippen LogP contribution in [0.15, 0.2) is 34.9 Å². The first-order valence-electron chi connectivity index (χ1n) is 4.01. The number of hydrogen-bond acceptors (Lipinski definition) is 2. The van der Waals surface area contributed by atoms with Gasteiger partial charge in [-0.3, -0.25) is 0 Å². The number of hydrogen-bond donors (Lipinski definition) is 1. The van der Waals surface area contributed by atoms with Crippen molar-refractivity contribution >= 4 is 23.4 Å². The Kier molecular flexibility index (Phi) is 3.34. The number of benzene rings is 1. The van der Waals surface area contributed by atoms with E-state index in [1.165, 1.54) is 10.9 Å². The van der Waals surface area contributed by atoms with Crippen molar-refractivity contribution in [3.05, 3.63) is 36.1 Å². The third-order valence-corrected chi connectivity index (χ3v) is 1.93. The minimum absolute atomic E-state index is 0. The van der Waals surface area contributed by atoms with Crippen LogP contribution in [0.1, 0.15) is 5.56 Å². The summed E-state index contributed by atoms with van der Waals surface area (Å²) in [4.78, 5) is 0. The lowest BCUT2D eigenvalue weighted by Crippen LogP contribution is -2.03. The van der Waals surface area contributed by atoms with Gasteiger partial charge in [0.15, 0.2) is 0 Å². The van der Waals surface area contributed by atoms with Crippen LogP contribution in [0.2, 0.25) is 0 Å². The summed E-state index contributed by atoms with van der Waals surface area (Å²) in [7, 11) is 1.93. The van der Waals surface area contributed by atoms with Gasteiger partial charge in [-0.25, -0.2) is 0 Å². The molecule has 0 aliphatic carbocycles. The first-order chi connectivity index (χ1) is 5.92. The van der Waals surface area contributed by atoms with Gasteiger partial charge in [-0.05, 0) is 13.1 Å². The average molecular weight is 198 g/mol. The lowest BCUT2D eigenvalue weighted by molar-refractivity contribution is 0.607. The van der Waals surface area contributed by atoms with E-state index in [4.69, 9.17) is 4.42 Å². The molecule has 0 radical (unpaired) electrons. The summed E-state index contributed by atoms with van der Waals surface area (Å²) < 4.78 is 5.36. The zero-order valence-corrected chi connectivity index (χ0v) is 8.23. The maximum atomic E-state index is 5.36. The molecule has 1 heterocycles. The summed E-state index contributed by atoms with van der Waals surface area (Å²) in [5, 5.41) is 4.30. The van der Waals surface area contributed by atoms with Crippen molar-refractivity contribution in [2.24, 2.45) is 0 Å². The van der Waals surface area contributed by atoms with Crippen molar-refractivity contribution in [3.8, 4) is 0 Å². The molecule has 1 aromatic carbocycles. The second kappa shape index (κ2) is 4.30. The van der Waals surface area contributed by atoms with Crippen molar-refractivity contribution in [1.29, 1.82) is 0 Å². The molecule has 0 aliphatic rings. The van der Waals surface area contributed by atoms with Gasteiger partial charge in [-0.2, -0.15) is 0 Å². The van der Waals surface area contributed by atoms with E-state index in [0.29, 0.717) is 0 Å². The van der Waals surface area contributed by atoms with Gasteiger partial charge in [0.2, 0.25) is 0 Å². The van der Waals surface area contributed by atoms with Gasteiger partial charge in [0.1, 0.15) is 5.58 Å². The summed E-state index contributed by atoms with van der Waals surface area (Å²) in [5.74, 6) is 0. The third kappa shape index (κ3) is 1.85. The predicted octanol–water partition coefficient (Wildman–Crippen LogP) is 2.57. The highest BCUT2D eigenvalue weighted by Gasteiger charge is 2.02. The topological polar surface area (TPSA) is 25.2 Å². The molecule has 3 heteroatoms. The molecule has 70 valence electrons. The van der Waals surface area contributed by atoms with Gasteiger partial charge in [0.25, 0.3) is 0 Å². The lowest BCUT2D eigenvalue weighted by Gasteiger charge is -1.93. The van der Waals surface area contributed by atoms with E-state index in [9.17, 15) is 0 Å². The predicted molar refractivity (Wildman–Crippen MR) is 56.2 cm³/mol. The van der Waals surface area contributed by atoms with Crippen molar-refractivity contribution in [3.63, 3.8) is 0 Å². The number of nitrogens with one attached hydrogen (secondary N) is 1. The SMILES string of the molecule is CNCc1coc2ccccc12.Cl. The molecule has 0 saturated heterocycles. The second-order valence-electron chi connectivity index (χ2n) is 2.79. The third-order valence-electron chi connectivity index (χ3n) is 1.93. The van der Waals surface area contributed by atoms with Crippen LogP contribution >= 0.6 is 12.4 Å². The maximum absolute atomic E-state index is 5.36. The van der Waals surface area contributed by atoms with Crippen LogP contribution in [0.5, 0.6) is 0 Å². The minimum atomic E-state index is 0. The normalized spacial score (nSPS) is 9.92. The van der Waals surface area contributed by atoms with Crippen LogP contribution in [-0.4, -0.2) is 7.05 Å². The number of halogens is 1. The number of para-hydroxylation sites is 1. The fraction of sp³-hybridized carbons (Fsp3) is 0.200. The molecule has 0 bridgehead atoms. The molecule has 0 spiro atoms. The maximum Gasteiger partial charge on any atom is 0.134 e. The fourth-order valence-electron chi connectivity index (χ4n) is 1.36. The van der Waals surface area contributed by atoms with Gasteiger partial charge < -0.3 is 9.73 Å². The molecule has 0 amide bonds. The molecule has 0 saturated carbocycles. The van der Waals surface area contributed by atoms with Crippen LogP contribution in [0, 0.1) is 0 Å². The largest absolute Gasteiger partial charge is 0.464 e. The Balaban J connectivity index is 0.000000845. The van der Waals surface area contributed by atoms with E-state index in [1.54, 1.807) is 6.26 Å². The lowest BCUT2D eigenvalue weighted by atomic mass is 10.2. The summed E-state index contributed by atoms with van der Waals surface area (Å²) in [6, 6.07) is 8.06. The Morgan fingerprint density at radius 3 is 2.85 bits per heavy atom. The summed E-state index contributed by atoms with van der Waals surface area (Å²) in [6.07, 6.45) is 1.81. The summed E-state index contributed by atoms with van der Waals surface area (Å²) in [5.41, 5.74) is 2.18. The van der Waals surface area contributed by atoms with Crippen molar-refractivity contribution in [2.45, 2.75) is 6.54 Å². The number of fused-ring (bicyclic) bond motifs is 1. The molecule has 2 rings (SSSR count). The summed E-state index contributed by atoms with van der Waals surface area (Å²) in [6.45, 7) is 0.858. The Hall–Kier alpha value is -0.990. The summed E-state index contributed by atoms with van der Waals surface area (Å²) >= 11 is 0. The van der Waals surface area contributed by atoms with Crippen LogP contribution in [-0.2, 0) is 6.54 Å². The Morgan fingerprint density at radius 2 is 2.08 bits per heavy atom. The van der Waals surface area contributed by atoms with E-state index < -0.39 is 0 Å². The molecule has 1 N–H and O–H groups in total. The van der Waals surface area contributed by atoms with Crippen molar-refractivity contribution in [1.82, 2.24) is 5.32 Å². The molecule has 0 fully saturated rings. The molecular formula is C10H12ClNO. The molecule has 13 heavy (non-hydrogen) atoms. The average Bonchev–Trinajstić information content (AvgIpc) is 2.50. The molecule has 2 aromatic rings. The van der Waals surface area contributed by atoms with Gasteiger partial charge in [0.05, 0.1) is 6.26 Å². The molecule has 0 aliphatic heterocycles. The van der Waals surface area contributed by atoms with Gasteiger partial charge in [-0.15, -0.1) is 12.4 Å². The first-order valence-corrected chi connectivity index (χ1v) is 4.01. The Morgan fingerprint density at radius 1 is 1.31 bits per heavy atom. The highest BCUT2D eigenvalue weighted by molar-refractivity contribution is 5.85. The Labute approximate surface area is 83.3 Å². The molecule has 2 nitrogen and oxygen atoms in total. The molecule has 0 unspecified atom stereocenters. The monoisotopic (exact) mass is 197 g/mol. The van der Waals surface area contributed by atoms with Gasteiger partial charge >= 0.3 is 0 Å². The van der Waals surface area contributed by atoms with E-state index in [-0.39, 0.29) is 12.4 Å². The van der Waals surface area contributed by atoms with Crippen LogP contribution in [0.4, 0.5) is 0 Å². The molecular weight excluding hydrogens is 186 g/mol. The number of furan rings is 1. The van der Waals surface area contributed by atoms with Gasteiger partial charge in [-0.1, -0.05) is 18.2 Å². The van der Waals surface area contributed by atoms with Gasteiger partial charge in [0, 0.05) is 17.5 Å². The first kappa shape index (κ1) is 10.1. The second-order valence-corrected chi connectivity index (χ2v) is 2.79. The highest BCUT2D eigenvalue weighted by Crippen LogP contribution is 2.19. The Bertz CT molecular complexity index is 383. The quantitative estimate of drug-likeness (QED) is 0.801. The highest BCUT2D eigenvalue weighted by atomic mass is 35.5. The van der Waals surface area contributed by atoms with E-state index >= 15 is 0 Å². The minimum Gasteiger partial charge on any atom is -0.464 e. The standard InChI is InChI=1S/C10H11NO.ClH/c1-11-6-8-7-12-10-5-3-2-4-9(8)10;/h2-5,7,11H,6H2,1H3;1H. The van der Waals surface area contributed by atoms with E-state index in [1.807, 2.05) is 25.2 Å². The van der Waals surface area contributed by atoms with Crippen molar-refractivity contribution in [2.75, 3.05) is 7.05 Å². The fourth-order valence-corrected chi connectivity index (χ4v) is 1.36. The van der Waals surface area contributed by atoms with Crippen molar-refractivity contribution < 1.29 is 4.42 Å². The molecule has 1 aromatic heterocycles. The van der Waals surface area contributed by atoms with E-state index in [0.717, 1.165) is 12.1 Å². The van der Waals surface area contributed by atoms with E-state index in [2.05, 4.69) is 11.4 Å². The zero-order valence-electron chi connectivity index (χ0n) is 7.41. The molecule has 0 atom stereocenters. The number of rotatable bonds is 2. The smallest absolute Gasteiger partial charge is 0.134 e.